The van der Waals surface area contributed by atoms with Crippen molar-refractivity contribution in [1.82, 2.24) is 5.32 Å². The first-order valence-electron chi connectivity index (χ1n) is 6.09. The van der Waals surface area contributed by atoms with Crippen LogP contribution in [0.25, 0.3) is 0 Å². The molecule has 0 aliphatic carbocycles. The van der Waals surface area contributed by atoms with Gasteiger partial charge in [-0.1, -0.05) is 15.9 Å². The molecule has 0 aromatic heterocycles. The van der Waals surface area contributed by atoms with Gasteiger partial charge in [-0.15, -0.1) is 0 Å². The fraction of sp³-hybridized carbons (Fsp3) is 0.462. The molecule has 18 heavy (non-hydrogen) atoms. The first-order valence-corrected chi connectivity index (χ1v) is 6.88. The number of nitrogens with zero attached hydrogens (tertiary/aromatic N) is 2. The summed E-state index contributed by atoms with van der Waals surface area (Å²) in [5.41, 5.74) is 2.11. The van der Waals surface area contributed by atoms with E-state index in [1.165, 1.54) is 0 Å². The summed E-state index contributed by atoms with van der Waals surface area (Å²) < 4.78 is 1.00. The standard InChI is InChI=1S/C13H18BrN3O/c1-15-6-3-7-17-12-8-10(14)4-5-11(12)16(2)9-13(17)18/h4-5,8,15H,3,6-7,9H2,1-2H3. The first-order chi connectivity index (χ1) is 8.63. The molecule has 0 atom stereocenters. The highest BCUT2D eigenvalue weighted by Gasteiger charge is 2.26. The van der Waals surface area contributed by atoms with Gasteiger partial charge in [0.2, 0.25) is 5.91 Å². The van der Waals surface area contributed by atoms with Crippen molar-refractivity contribution in [3.05, 3.63) is 22.7 Å². The van der Waals surface area contributed by atoms with Gasteiger partial charge in [-0.25, -0.2) is 0 Å². The van der Waals surface area contributed by atoms with Crippen molar-refractivity contribution >= 4 is 33.2 Å². The third kappa shape index (κ3) is 2.67. The van der Waals surface area contributed by atoms with E-state index in [2.05, 4.69) is 27.3 Å². The molecule has 0 fully saturated rings. The van der Waals surface area contributed by atoms with Crippen LogP contribution >= 0.6 is 15.9 Å². The molecule has 0 bridgehead atoms. The van der Waals surface area contributed by atoms with Crippen LogP contribution in [0.3, 0.4) is 0 Å². The quantitative estimate of drug-likeness (QED) is 0.862. The van der Waals surface area contributed by atoms with Gasteiger partial charge < -0.3 is 15.1 Å². The molecule has 4 nitrogen and oxygen atoms in total. The van der Waals surface area contributed by atoms with Gasteiger partial charge in [0.15, 0.2) is 0 Å². The number of anilines is 2. The molecule has 0 spiro atoms. The summed E-state index contributed by atoms with van der Waals surface area (Å²) in [6.07, 6.45) is 0.956. The molecule has 1 aliphatic heterocycles. The minimum absolute atomic E-state index is 0.166. The SMILES string of the molecule is CNCCCN1C(=O)CN(C)c2ccc(Br)cc21. The Kier molecular flexibility index (Phi) is 4.24. The molecular formula is C13H18BrN3O. The maximum absolute atomic E-state index is 12.1. The normalized spacial score (nSPS) is 14.9. The largest absolute Gasteiger partial charge is 0.364 e. The number of hydrogen-bond donors (Lipinski definition) is 1. The van der Waals surface area contributed by atoms with Gasteiger partial charge in [0.05, 0.1) is 17.9 Å². The second kappa shape index (κ2) is 5.71. The molecule has 1 aromatic carbocycles. The number of carbonyl (C=O) groups excluding carboxylic acids is 1. The molecule has 1 heterocycles. The van der Waals surface area contributed by atoms with Crippen LogP contribution in [0, 0.1) is 0 Å². The minimum atomic E-state index is 0.166. The van der Waals surface area contributed by atoms with Crippen molar-refractivity contribution in [2.24, 2.45) is 0 Å². The van der Waals surface area contributed by atoms with E-state index in [1.54, 1.807) is 0 Å². The summed E-state index contributed by atoms with van der Waals surface area (Å²) in [5.74, 6) is 0.166. The highest BCUT2D eigenvalue weighted by molar-refractivity contribution is 9.10. The average molecular weight is 312 g/mol. The fourth-order valence-corrected chi connectivity index (χ4v) is 2.55. The zero-order valence-electron chi connectivity index (χ0n) is 10.7. The van der Waals surface area contributed by atoms with Crippen molar-refractivity contribution < 1.29 is 4.79 Å². The lowest BCUT2D eigenvalue weighted by Gasteiger charge is -2.35. The van der Waals surface area contributed by atoms with Crippen LogP contribution < -0.4 is 15.1 Å². The van der Waals surface area contributed by atoms with E-state index < -0.39 is 0 Å². The van der Waals surface area contributed by atoms with Crippen LogP contribution in [0.15, 0.2) is 22.7 Å². The van der Waals surface area contributed by atoms with Gasteiger partial charge in [-0.3, -0.25) is 4.79 Å². The zero-order valence-corrected chi connectivity index (χ0v) is 12.3. The Bertz CT molecular complexity index is 450. The highest BCUT2D eigenvalue weighted by atomic mass is 79.9. The highest BCUT2D eigenvalue weighted by Crippen LogP contribution is 2.35. The molecule has 0 saturated carbocycles. The molecule has 1 aromatic rings. The van der Waals surface area contributed by atoms with Crippen molar-refractivity contribution in [3.8, 4) is 0 Å². The van der Waals surface area contributed by atoms with Crippen molar-refractivity contribution in [2.45, 2.75) is 6.42 Å². The number of hydrogen-bond acceptors (Lipinski definition) is 3. The average Bonchev–Trinajstić information content (AvgIpc) is 2.33. The summed E-state index contributed by atoms with van der Waals surface area (Å²) in [4.78, 5) is 16.0. The van der Waals surface area contributed by atoms with Gasteiger partial charge >= 0.3 is 0 Å². The fourth-order valence-electron chi connectivity index (χ4n) is 2.20. The molecule has 0 saturated heterocycles. The van der Waals surface area contributed by atoms with Crippen LogP contribution in [0.4, 0.5) is 11.4 Å². The van der Waals surface area contributed by atoms with Gasteiger partial charge in [-0.2, -0.15) is 0 Å². The molecule has 2 rings (SSSR count). The summed E-state index contributed by atoms with van der Waals surface area (Å²) >= 11 is 3.47. The van der Waals surface area contributed by atoms with Gasteiger partial charge in [0.1, 0.15) is 0 Å². The molecule has 1 N–H and O–H groups in total. The van der Waals surface area contributed by atoms with Crippen LogP contribution in [0.2, 0.25) is 0 Å². The van der Waals surface area contributed by atoms with Gasteiger partial charge in [0.25, 0.3) is 0 Å². The second-order valence-corrected chi connectivity index (χ2v) is 5.41. The Labute approximate surface area is 116 Å². The Hall–Kier alpha value is -1.07. The number of rotatable bonds is 4. The summed E-state index contributed by atoms with van der Waals surface area (Å²) in [5, 5.41) is 3.11. The Balaban J connectivity index is 2.27. The minimum Gasteiger partial charge on any atom is -0.364 e. The number of fused-ring (bicyclic) bond motifs is 1. The van der Waals surface area contributed by atoms with Gasteiger partial charge in [0, 0.05) is 18.1 Å². The van der Waals surface area contributed by atoms with E-state index in [9.17, 15) is 4.79 Å². The van der Waals surface area contributed by atoms with E-state index in [-0.39, 0.29) is 5.91 Å². The maximum Gasteiger partial charge on any atom is 0.246 e. The van der Waals surface area contributed by atoms with Crippen LogP contribution in [-0.2, 0) is 4.79 Å². The predicted octanol–water partition coefficient (Wildman–Crippen LogP) is 1.84. The van der Waals surface area contributed by atoms with E-state index in [0.717, 1.165) is 35.4 Å². The molecule has 0 unspecified atom stereocenters. The Morgan fingerprint density at radius 2 is 2.17 bits per heavy atom. The number of benzene rings is 1. The van der Waals surface area contributed by atoms with E-state index >= 15 is 0 Å². The Morgan fingerprint density at radius 3 is 2.89 bits per heavy atom. The molecular weight excluding hydrogens is 294 g/mol. The molecule has 1 aliphatic rings. The van der Waals surface area contributed by atoms with Crippen LogP contribution in [-0.4, -0.2) is 39.6 Å². The number of amides is 1. The lowest BCUT2D eigenvalue weighted by molar-refractivity contribution is -0.117. The number of carbonyl (C=O) groups is 1. The number of likely N-dealkylation sites (N-methyl/N-ethyl adjacent to an activating group) is 1. The maximum atomic E-state index is 12.1. The lowest BCUT2D eigenvalue weighted by atomic mass is 10.1. The molecule has 98 valence electrons. The first kappa shape index (κ1) is 13.4. The smallest absolute Gasteiger partial charge is 0.246 e. The third-order valence-electron chi connectivity index (χ3n) is 3.12. The van der Waals surface area contributed by atoms with Crippen molar-refractivity contribution in [3.63, 3.8) is 0 Å². The summed E-state index contributed by atoms with van der Waals surface area (Å²) in [6, 6.07) is 6.08. The summed E-state index contributed by atoms with van der Waals surface area (Å²) in [6.45, 7) is 2.13. The molecule has 5 heteroatoms. The van der Waals surface area contributed by atoms with Crippen molar-refractivity contribution in [2.75, 3.05) is 43.5 Å². The summed E-state index contributed by atoms with van der Waals surface area (Å²) in [7, 11) is 3.88. The van der Waals surface area contributed by atoms with E-state index in [1.807, 2.05) is 36.0 Å². The number of halogens is 1. The second-order valence-electron chi connectivity index (χ2n) is 4.49. The molecule has 0 radical (unpaired) electrons. The van der Waals surface area contributed by atoms with Crippen LogP contribution in [0.5, 0.6) is 0 Å². The predicted molar refractivity (Wildman–Crippen MR) is 78.3 cm³/mol. The number of nitrogens with one attached hydrogen (secondary N) is 1. The monoisotopic (exact) mass is 311 g/mol. The van der Waals surface area contributed by atoms with E-state index in [0.29, 0.717) is 6.54 Å². The van der Waals surface area contributed by atoms with Crippen LogP contribution in [0.1, 0.15) is 6.42 Å². The van der Waals surface area contributed by atoms with E-state index in [4.69, 9.17) is 0 Å². The Morgan fingerprint density at radius 1 is 1.39 bits per heavy atom. The third-order valence-corrected chi connectivity index (χ3v) is 3.61. The zero-order chi connectivity index (χ0) is 13.1. The van der Waals surface area contributed by atoms with Crippen molar-refractivity contribution in [1.29, 1.82) is 0 Å². The lowest BCUT2D eigenvalue weighted by Crippen LogP contribution is -2.45. The topological polar surface area (TPSA) is 35.6 Å². The van der Waals surface area contributed by atoms with Gasteiger partial charge in [-0.05, 0) is 38.2 Å². The molecule has 1 amide bonds.